The van der Waals surface area contributed by atoms with E-state index < -0.39 is 12.0 Å². The highest BCUT2D eigenvalue weighted by molar-refractivity contribution is 6.31. The Kier molecular flexibility index (Phi) is 6.27. The summed E-state index contributed by atoms with van der Waals surface area (Å²) in [4.78, 5) is 22.7. The van der Waals surface area contributed by atoms with Crippen LogP contribution in [0.1, 0.15) is 24.2 Å². The molecule has 1 atom stereocenters. The fourth-order valence-corrected chi connectivity index (χ4v) is 1.72. The van der Waals surface area contributed by atoms with E-state index in [0.29, 0.717) is 18.2 Å². The Bertz CT molecular complexity index is 493. The quantitative estimate of drug-likeness (QED) is 0.753. The zero-order chi connectivity index (χ0) is 15.1. The van der Waals surface area contributed by atoms with Crippen molar-refractivity contribution in [3.05, 3.63) is 28.8 Å². The SMILES string of the molecule is CCOC(C)CNC(=O)Nc1ccc(Cl)cc1C(=O)O. The Morgan fingerprint density at radius 2 is 2.15 bits per heavy atom. The summed E-state index contributed by atoms with van der Waals surface area (Å²) in [6.45, 7) is 4.58. The zero-order valence-corrected chi connectivity index (χ0v) is 12.0. The van der Waals surface area contributed by atoms with Crippen LogP contribution < -0.4 is 10.6 Å². The molecule has 1 rings (SSSR count). The van der Waals surface area contributed by atoms with Gasteiger partial charge in [0, 0.05) is 18.2 Å². The number of aromatic carboxylic acids is 1. The third kappa shape index (κ3) is 5.07. The number of carboxylic acids is 1. The molecule has 2 amide bonds. The molecular weight excluding hydrogens is 284 g/mol. The smallest absolute Gasteiger partial charge is 0.337 e. The number of ether oxygens (including phenoxy) is 1. The zero-order valence-electron chi connectivity index (χ0n) is 11.3. The molecule has 0 bridgehead atoms. The first kappa shape index (κ1) is 16.3. The van der Waals surface area contributed by atoms with Crippen molar-refractivity contribution in [2.75, 3.05) is 18.5 Å². The molecule has 6 nitrogen and oxygen atoms in total. The van der Waals surface area contributed by atoms with Crippen LogP contribution in [0.3, 0.4) is 0 Å². The fourth-order valence-electron chi connectivity index (χ4n) is 1.55. The molecule has 0 fully saturated rings. The third-order valence-electron chi connectivity index (χ3n) is 2.46. The average molecular weight is 301 g/mol. The number of hydrogen-bond acceptors (Lipinski definition) is 3. The van der Waals surface area contributed by atoms with E-state index in [-0.39, 0.29) is 17.4 Å². The molecule has 0 radical (unpaired) electrons. The van der Waals surface area contributed by atoms with Crippen LogP contribution in [0.5, 0.6) is 0 Å². The summed E-state index contributed by atoms with van der Waals surface area (Å²) in [5.41, 5.74) is 0.119. The van der Waals surface area contributed by atoms with Gasteiger partial charge in [-0.05, 0) is 32.0 Å². The number of carbonyl (C=O) groups is 2. The molecule has 0 saturated heterocycles. The first-order valence-corrected chi connectivity index (χ1v) is 6.51. The van der Waals surface area contributed by atoms with Gasteiger partial charge in [0.15, 0.2) is 0 Å². The minimum Gasteiger partial charge on any atom is -0.478 e. The summed E-state index contributed by atoms with van der Waals surface area (Å²) >= 11 is 5.73. The van der Waals surface area contributed by atoms with Gasteiger partial charge in [0.2, 0.25) is 0 Å². The van der Waals surface area contributed by atoms with Crippen molar-refractivity contribution in [3.8, 4) is 0 Å². The molecule has 3 N–H and O–H groups in total. The van der Waals surface area contributed by atoms with Gasteiger partial charge < -0.3 is 20.5 Å². The van der Waals surface area contributed by atoms with Crippen LogP contribution in [0.15, 0.2) is 18.2 Å². The van der Waals surface area contributed by atoms with Crippen molar-refractivity contribution in [2.45, 2.75) is 20.0 Å². The van der Waals surface area contributed by atoms with Crippen molar-refractivity contribution >= 4 is 29.3 Å². The number of hydrogen-bond donors (Lipinski definition) is 3. The number of carboxylic acid groups (broad SMARTS) is 1. The molecule has 0 aliphatic heterocycles. The van der Waals surface area contributed by atoms with Gasteiger partial charge in [-0.2, -0.15) is 0 Å². The van der Waals surface area contributed by atoms with Crippen LogP contribution in [0.25, 0.3) is 0 Å². The second-order valence-electron chi connectivity index (χ2n) is 4.10. The lowest BCUT2D eigenvalue weighted by Crippen LogP contribution is -2.35. The summed E-state index contributed by atoms with van der Waals surface area (Å²) in [5, 5.41) is 14.4. The number of benzene rings is 1. The van der Waals surface area contributed by atoms with E-state index in [0.717, 1.165) is 0 Å². The maximum atomic E-state index is 11.7. The summed E-state index contributed by atoms with van der Waals surface area (Å²) in [6, 6.07) is 3.73. The van der Waals surface area contributed by atoms with Crippen LogP contribution in [0.4, 0.5) is 10.5 Å². The normalized spacial score (nSPS) is 11.8. The van der Waals surface area contributed by atoms with Gasteiger partial charge >= 0.3 is 12.0 Å². The van der Waals surface area contributed by atoms with Crippen LogP contribution in [0, 0.1) is 0 Å². The van der Waals surface area contributed by atoms with Gasteiger partial charge in [-0.1, -0.05) is 11.6 Å². The van der Waals surface area contributed by atoms with E-state index in [1.54, 1.807) is 0 Å². The highest BCUT2D eigenvalue weighted by Crippen LogP contribution is 2.20. The van der Waals surface area contributed by atoms with Crippen LogP contribution in [0.2, 0.25) is 5.02 Å². The largest absolute Gasteiger partial charge is 0.478 e. The highest BCUT2D eigenvalue weighted by Gasteiger charge is 2.13. The number of carbonyl (C=O) groups excluding carboxylic acids is 1. The van der Waals surface area contributed by atoms with E-state index in [9.17, 15) is 9.59 Å². The summed E-state index contributed by atoms with van der Waals surface area (Å²) in [5.74, 6) is -1.16. The average Bonchev–Trinajstić information content (AvgIpc) is 2.38. The van der Waals surface area contributed by atoms with Gasteiger partial charge in [0.25, 0.3) is 0 Å². The maximum Gasteiger partial charge on any atom is 0.337 e. The van der Waals surface area contributed by atoms with Gasteiger partial charge in [-0.3, -0.25) is 0 Å². The molecule has 0 aliphatic rings. The number of halogens is 1. The Labute approximate surface area is 122 Å². The van der Waals surface area contributed by atoms with Gasteiger partial charge in [-0.15, -0.1) is 0 Å². The molecule has 7 heteroatoms. The molecule has 1 unspecified atom stereocenters. The van der Waals surface area contributed by atoms with Crippen molar-refractivity contribution < 1.29 is 19.4 Å². The minimum atomic E-state index is -1.16. The Balaban J connectivity index is 2.64. The van der Waals surface area contributed by atoms with E-state index in [1.165, 1.54) is 18.2 Å². The molecular formula is C13H17ClN2O4. The predicted octanol–water partition coefficient (Wildman–Crippen LogP) is 2.58. The molecule has 110 valence electrons. The number of rotatable bonds is 6. The van der Waals surface area contributed by atoms with Crippen molar-refractivity contribution in [2.24, 2.45) is 0 Å². The molecule has 0 aromatic heterocycles. The Hall–Kier alpha value is -1.79. The predicted molar refractivity (Wildman–Crippen MR) is 76.5 cm³/mol. The highest BCUT2D eigenvalue weighted by atomic mass is 35.5. The molecule has 1 aromatic carbocycles. The van der Waals surface area contributed by atoms with Crippen molar-refractivity contribution in [3.63, 3.8) is 0 Å². The summed E-state index contributed by atoms with van der Waals surface area (Å²) in [7, 11) is 0. The number of urea groups is 1. The molecule has 1 aromatic rings. The lowest BCUT2D eigenvalue weighted by Gasteiger charge is -2.14. The van der Waals surface area contributed by atoms with Crippen LogP contribution in [-0.4, -0.2) is 36.4 Å². The van der Waals surface area contributed by atoms with Crippen molar-refractivity contribution in [1.82, 2.24) is 5.32 Å². The Morgan fingerprint density at radius 3 is 2.75 bits per heavy atom. The second-order valence-corrected chi connectivity index (χ2v) is 4.53. The van der Waals surface area contributed by atoms with Gasteiger partial charge in [0.1, 0.15) is 0 Å². The third-order valence-corrected chi connectivity index (χ3v) is 2.70. The topological polar surface area (TPSA) is 87.7 Å². The number of nitrogens with one attached hydrogen (secondary N) is 2. The van der Waals surface area contributed by atoms with E-state index in [2.05, 4.69) is 10.6 Å². The molecule has 0 aliphatic carbocycles. The molecule has 0 saturated carbocycles. The second kappa shape index (κ2) is 7.72. The van der Waals surface area contributed by atoms with E-state index in [4.69, 9.17) is 21.4 Å². The number of anilines is 1. The number of amides is 2. The minimum absolute atomic E-state index is 0.0643. The fraction of sp³-hybridized carbons (Fsp3) is 0.385. The lowest BCUT2D eigenvalue weighted by molar-refractivity contribution is 0.0697. The van der Waals surface area contributed by atoms with Crippen molar-refractivity contribution in [1.29, 1.82) is 0 Å². The standard InChI is InChI=1S/C13H17ClN2O4/c1-3-20-8(2)7-15-13(19)16-11-5-4-9(14)6-10(11)12(17)18/h4-6,8H,3,7H2,1-2H3,(H,17,18)(H2,15,16,19). The van der Waals surface area contributed by atoms with E-state index in [1.807, 2.05) is 13.8 Å². The first-order chi connectivity index (χ1) is 9.43. The van der Waals surface area contributed by atoms with Crippen LogP contribution >= 0.6 is 11.6 Å². The Morgan fingerprint density at radius 1 is 1.45 bits per heavy atom. The molecule has 0 spiro atoms. The molecule has 20 heavy (non-hydrogen) atoms. The first-order valence-electron chi connectivity index (χ1n) is 6.13. The molecule has 0 heterocycles. The summed E-state index contributed by atoms with van der Waals surface area (Å²) in [6.07, 6.45) is -0.116. The van der Waals surface area contributed by atoms with Gasteiger partial charge in [-0.25, -0.2) is 9.59 Å². The monoisotopic (exact) mass is 300 g/mol. The van der Waals surface area contributed by atoms with Crippen LogP contribution in [-0.2, 0) is 4.74 Å². The van der Waals surface area contributed by atoms with Gasteiger partial charge in [0.05, 0.1) is 17.4 Å². The lowest BCUT2D eigenvalue weighted by atomic mass is 10.2. The maximum absolute atomic E-state index is 11.7. The summed E-state index contributed by atoms with van der Waals surface area (Å²) < 4.78 is 5.27. The van der Waals surface area contributed by atoms with E-state index >= 15 is 0 Å².